The average molecular weight is 429 g/mol. The third-order valence-electron chi connectivity index (χ3n) is 5.46. The molecule has 0 saturated carbocycles. The molecule has 1 amide bonds. The van der Waals surface area contributed by atoms with E-state index in [1.807, 2.05) is 13.8 Å². The highest BCUT2D eigenvalue weighted by Crippen LogP contribution is 2.27. The van der Waals surface area contributed by atoms with Crippen molar-refractivity contribution < 1.29 is 9.53 Å². The lowest BCUT2D eigenvalue weighted by atomic mass is 10.1. The van der Waals surface area contributed by atoms with Crippen LogP contribution in [0, 0.1) is 5.41 Å². The van der Waals surface area contributed by atoms with Gasteiger partial charge in [-0.1, -0.05) is 11.6 Å². The van der Waals surface area contributed by atoms with Gasteiger partial charge in [0.15, 0.2) is 5.75 Å². The van der Waals surface area contributed by atoms with Gasteiger partial charge >= 0.3 is 0 Å². The molecular weight excluding hydrogens is 404 g/mol. The molecule has 9 heteroatoms. The van der Waals surface area contributed by atoms with Gasteiger partial charge in [0.25, 0.3) is 5.91 Å². The Morgan fingerprint density at radius 3 is 2.80 bits per heavy atom. The lowest BCUT2D eigenvalue weighted by Crippen LogP contribution is -2.35. The SMILES string of the molecule is CC1=N/C(=C2\CN(C(=O)c3ccncc3OC3CCNCC3)CC2=N)NC(C)=C1Cl. The number of hydrogen-bond donors (Lipinski definition) is 3. The molecule has 0 atom stereocenters. The van der Waals surface area contributed by atoms with Crippen molar-refractivity contribution in [2.24, 2.45) is 4.99 Å². The highest BCUT2D eigenvalue weighted by atomic mass is 35.5. The van der Waals surface area contributed by atoms with Crippen molar-refractivity contribution in [3.8, 4) is 5.75 Å². The summed E-state index contributed by atoms with van der Waals surface area (Å²) in [7, 11) is 0. The molecule has 0 radical (unpaired) electrons. The molecule has 3 aliphatic heterocycles. The molecular formula is C21H25ClN6O2. The fourth-order valence-corrected chi connectivity index (χ4v) is 3.88. The number of allylic oxidation sites excluding steroid dienone is 2. The second-order valence-electron chi connectivity index (χ2n) is 7.67. The normalized spacial score (nSPS) is 22.8. The van der Waals surface area contributed by atoms with Gasteiger partial charge in [0.2, 0.25) is 0 Å². The fraction of sp³-hybridized carbons (Fsp3) is 0.429. The van der Waals surface area contributed by atoms with E-state index in [0.717, 1.165) is 31.6 Å². The van der Waals surface area contributed by atoms with Gasteiger partial charge in [-0.25, -0.2) is 4.99 Å². The molecule has 8 nitrogen and oxygen atoms in total. The van der Waals surface area contributed by atoms with E-state index in [4.69, 9.17) is 21.7 Å². The van der Waals surface area contributed by atoms with Crippen LogP contribution in [0.25, 0.3) is 0 Å². The number of likely N-dealkylation sites (tertiary alicyclic amines) is 1. The van der Waals surface area contributed by atoms with Crippen molar-refractivity contribution in [2.45, 2.75) is 32.8 Å². The number of carbonyl (C=O) groups is 1. The van der Waals surface area contributed by atoms with E-state index < -0.39 is 0 Å². The number of carbonyl (C=O) groups excluding carboxylic acids is 1. The van der Waals surface area contributed by atoms with E-state index in [1.165, 1.54) is 0 Å². The summed E-state index contributed by atoms with van der Waals surface area (Å²) in [6, 6.07) is 1.68. The molecule has 0 aliphatic carbocycles. The number of rotatable bonds is 3. The van der Waals surface area contributed by atoms with Crippen LogP contribution in [0.1, 0.15) is 37.0 Å². The van der Waals surface area contributed by atoms with Crippen LogP contribution >= 0.6 is 11.6 Å². The topological polar surface area (TPSA) is 103 Å². The maximum atomic E-state index is 13.3. The maximum absolute atomic E-state index is 13.3. The van der Waals surface area contributed by atoms with Crippen molar-refractivity contribution >= 4 is 28.9 Å². The van der Waals surface area contributed by atoms with Crippen LogP contribution < -0.4 is 15.4 Å². The van der Waals surface area contributed by atoms with Gasteiger partial charge in [0.05, 0.1) is 41.3 Å². The molecule has 2 fully saturated rings. The van der Waals surface area contributed by atoms with Gasteiger partial charge in [0, 0.05) is 17.5 Å². The molecule has 30 heavy (non-hydrogen) atoms. The first-order valence-electron chi connectivity index (χ1n) is 10.0. The van der Waals surface area contributed by atoms with Crippen molar-refractivity contribution in [1.82, 2.24) is 20.5 Å². The van der Waals surface area contributed by atoms with Crippen molar-refractivity contribution in [3.05, 3.63) is 46.1 Å². The van der Waals surface area contributed by atoms with Crippen LogP contribution in [-0.4, -0.2) is 59.5 Å². The quantitative estimate of drug-likeness (QED) is 0.686. The Bertz CT molecular complexity index is 977. The molecule has 4 heterocycles. The summed E-state index contributed by atoms with van der Waals surface area (Å²) in [6.45, 7) is 6.02. The zero-order valence-electron chi connectivity index (χ0n) is 17.1. The van der Waals surface area contributed by atoms with Gasteiger partial charge < -0.3 is 25.7 Å². The molecule has 0 bridgehead atoms. The number of nitrogens with one attached hydrogen (secondary N) is 3. The van der Waals surface area contributed by atoms with Gasteiger partial charge in [0.1, 0.15) is 11.9 Å². The number of hydrogen-bond acceptors (Lipinski definition) is 7. The predicted molar refractivity (Wildman–Crippen MR) is 116 cm³/mol. The molecule has 2 saturated heterocycles. The minimum Gasteiger partial charge on any atom is -0.488 e. The van der Waals surface area contributed by atoms with E-state index in [2.05, 4.69) is 20.6 Å². The molecule has 1 aromatic rings. The number of piperidine rings is 1. The second kappa shape index (κ2) is 8.57. The Kier molecular flexibility index (Phi) is 5.87. The van der Waals surface area contributed by atoms with Crippen LogP contribution in [0.5, 0.6) is 5.75 Å². The minimum absolute atomic E-state index is 0.0693. The summed E-state index contributed by atoms with van der Waals surface area (Å²) >= 11 is 6.20. The van der Waals surface area contributed by atoms with E-state index in [9.17, 15) is 4.79 Å². The number of ether oxygens (including phenoxy) is 1. The molecule has 3 aliphatic rings. The fourth-order valence-electron chi connectivity index (χ4n) is 3.80. The number of nitrogens with zero attached hydrogens (tertiary/aromatic N) is 3. The lowest BCUT2D eigenvalue weighted by molar-refractivity contribution is 0.0793. The Hall–Kier alpha value is -2.71. The third kappa shape index (κ3) is 4.11. The number of pyridine rings is 1. The first-order valence-corrected chi connectivity index (χ1v) is 10.4. The van der Waals surface area contributed by atoms with Crippen LogP contribution in [-0.2, 0) is 0 Å². The summed E-state index contributed by atoms with van der Waals surface area (Å²) < 4.78 is 6.11. The zero-order chi connectivity index (χ0) is 21.3. The zero-order valence-corrected chi connectivity index (χ0v) is 17.8. The van der Waals surface area contributed by atoms with Crippen LogP contribution in [0.15, 0.2) is 45.6 Å². The Morgan fingerprint density at radius 1 is 1.30 bits per heavy atom. The van der Waals surface area contributed by atoms with Gasteiger partial charge in [-0.15, -0.1) is 0 Å². The summed E-state index contributed by atoms with van der Waals surface area (Å²) in [6.07, 6.45) is 5.05. The van der Waals surface area contributed by atoms with Gasteiger partial charge in [-0.3, -0.25) is 9.78 Å². The van der Waals surface area contributed by atoms with Crippen LogP contribution in [0.4, 0.5) is 0 Å². The number of amides is 1. The average Bonchev–Trinajstić information content (AvgIpc) is 3.14. The smallest absolute Gasteiger partial charge is 0.258 e. The number of aromatic nitrogens is 1. The number of halogens is 1. The van der Waals surface area contributed by atoms with E-state index in [0.29, 0.717) is 45.7 Å². The second-order valence-corrected chi connectivity index (χ2v) is 8.05. The molecule has 0 spiro atoms. The Morgan fingerprint density at radius 2 is 2.07 bits per heavy atom. The predicted octanol–water partition coefficient (Wildman–Crippen LogP) is 2.43. The molecule has 3 N–H and O–H groups in total. The van der Waals surface area contributed by atoms with Gasteiger partial charge in [-0.2, -0.15) is 0 Å². The Labute approximate surface area is 180 Å². The van der Waals surface area contributed by atoms with E-state index in [1.54, 1.807) is 23.4 Å². The lowest BCUT2D eigenvalue weighted by Gasteiger charge is -2.25. The largest absolute Gasteiger partial charge is 0.488 e. The summed E-state index contributed by atoms with van der Waals surface area (Å²) in [5.41, 5.74) is 3.01. The van der Waals surface area contributed by atoms with Crippen molar-refractivity contribution in [2.75, 3.05) is 26.2 Å². The van der Waals surface area contributed by atoms with Gasteiger partial charge in [-0.05, 0) is 45.8 Å². The molecule has 1 aromatic heterocycles. The third-order valence-corrected chi connectivity index (χ3v) is 6.02. The summed E-state index contributed by atoms with van der Waals surface area (Å²) in [4.78, 5) is 23.5. The van der Waals surface area contributed by atoms with Crippen molar-refractivity contribution in [3.63, 3.8) is 0 Å². The minimum atomic E-state index is -0.177. The molecule has 4 rings (SSSR count). The molecule has 158 valence electrons. The van der Waals surface area contributed by atoms with E-state index in [-0.39, 0.29) is 18.6 Å². The van der Waals surface area contributed by atoms with Crippen molar-refractivity contribution in [1.29, 1.82) is 5.41 Å². The highest BCUT2D eigenvalue weighted by Gasteiger charge is 2.32. The summed E-state index contributed by atoms with van der Waals surface area (Å²) in [5.74, 6) is 0.899. The Balaban J connectivity index is 1.54. The van der Waals surface area contributed by atoms with Crippen LogP contribution in [0.2, 0.25) is 0 Å². The maximum Gasteiger partial charge on any atom is 0.258 e. The van der Waals surface area contributed by atoms with E-state index >= 15 is 0 Å². The highest BCUT2D eigenvalue weighted by molar-refractivity contribution is 6.43. The first-order chi connectivity index (χ1) is 14.4. The summed E-state index contributed by atoms with van der Waals surface area (Å²) in [5, 5.41) is 15.4. The first kappa shape index (κ1) is 20.6. The number of aliphatic imine (C=N–C) groups is 1. The molecule has 0 aromatic carbocycles. The standard InChI is InChI=1S/C21H25ClN6O2/c1-12-19(22)13(2)27-20(26-12)16-10-28(11-17(16)23)21(29)15-5-8-25-9-18(15)30-14-3-6-24-7-4-14/h5,8-9,14,23-24,26H,3-4,6-7,10-11H2,1-2H3/b20-16+,23-17?. The van der Waals surface area contributed by atoms with Crippen LogP contribution in [0.3, 0.4) is 0 Å². The monoisotopic (exact) mass is 428 g/mol. The molecule has 0 unspecified atom stereocenters.